The largest absolute Gasteiger partial charge is 0.452 e. The summed E-state index contributed by atoms with van der Waals surface area (Å²) in [6.45, 7) is 0.139. The first-order valence-electron chi connectivity index (χ1n) is 8.08. The zero-order valence-electron chi connectivity index (χ0n) is 14.3. The molecule has 0 radical (unpaired) electrons. The van der Waals surface area contributed by atoms with E-state index in [0.717, 1.165) is 11.1 Å². The summed E-state index contributed by atoms with van der Waals surface area (Å²) in [5, 5.41) is 1.57. The zero-order chi connectivity index (χ0) is 20.1. The van der Waals surface area contributed by atoms with Crippen LogP contribution in [0.5, 0.6) is 0 Å². The number of halogens is 4. The standard InChI is InChI=1S/C19H14Cl4N2O2S/c20-14-4-1-12(2-5-14)17(18(23)25-8-7-24-11-25)27-19(28)26-10-13-3-6-15(21)9-16(13)22/h1-9,11,17-18H,10H2. The molecule has 3 rings (SSSR count). The molecular formula is C19H14Cl4N2O2S. The minimum absolute atomic E-state index is 0.0586. The van der Waals surface area contributed by atoms with Crippen molar-refractivity contribution < 1.29 is 9.47 Å². The van der Waals surface area contributed by atoms with Gasteiger partial charge in [0.25, 0.3) is 0 Å². The van der Waals surface area contributed by atoms with Crippen molar-refractivity contribution in [1.29, 1.82) is 0 Å². The number of ether oxygens (including phenoxy) is 2. The molecule has 1 aromatic heterocycles. The number of hydrogen-bond acceptors (Lipinski definition) is 4. The molecule has 0 spiro atoms. The summed E-state index contributed by atoms with van der Waals surface area (Å²) >= 11 is 29.9. The molecular weight excluding hydrogens is 462 g/mol. The van der Waals surface area contributed by atoms with E-state index in [1.165, 1.54) is 0 Å². The first-order valence-corrected chi connectivity index (χ1v) is 10.1. The molecule has 3 aromatic rings. The van der Waals surface area contributed by atoms with Crippen molar-refractivity contribution in [1.82, 2.24) is 9.55 Å². The fourth-order valence-electron chi connectivity index (χ4n) is 2.42. The van der Waals surface area contributed by atoms with Crippen LogP contribution in [0.1, 0.15) is 22.7 Å². The van der Waals surface area contributed by atoms with Crippen LogP contribution in [-0.2, 0) is 16.1 Å². The minimum atomic E-state index is -0.624. The zero-order valence-corrected chi connectivity index (χ0v) is 18.1. The first-order chi connectivity index (χ1) is 13.4. The Morgan fingerprint density at radius 2 is 1.79 bits per heavy atom. The molecule has 28 heavy (non-hydrogen) atoms. The molecule has 0 fully saturated rings. The normalized spacial score (nSPS) is 13.0. The van der Waals surface area contributed by atoms with E-state index in [2.05, 4.69) is 4.98 Å². The summed E-state index contributed by atoms with van der Waals surface area (Å²) in [7, 11) is 0. The lowest BCUT2D eigenvalue weighted by atomic mass is 10.1. The van der Waals surface area contributed by atoms with Crippen LogP contribution in [0.3, 0.4) is 0 Å². The summed E-state index contributed by atoms with van der Waals surface area (Å²) < 4.78 is 13.1. The molecule has 0 N–H and O–H groups in total. The van der Waals surface area contributed by atoms with Crippen molar-refractivity contribution in [3.8, 4) is 0 Å². The third-order valence-corrected chi connectivity index (χ3v) is 5.35. The highest BCUT2D eigenvalue weighted by Gasteiger charge is 2.26. The maximum Gasteiger partial charge on any atom is 0.353 e. The van der Waals surface area contributed by atoms with Crippen LogP contribution in [0.25, 0.3) is 0 Å². The van der Waals surface area contributed by atoms with Gasteiger partial charge in [0.1, 0.15) is 6.61 Å². The molecule has 0 aliphatic heterocycles. The van der Waals surface area contributed by atoms with E-state index in [4.69, 9.17) is 68.1 Å². The van der Waals surface area contributed by atoms with Gasteiger partial charge in [-0.05, 0) is 29.8 Å². The summed E-state index contributed by atoms with van der Waals surface area (Å²) in [6, 6.07) is 12.3. The van der Waals surface area contributed by atoms with E-state index >= 15 is 0 Å². The smallest absolute Gasteiger partial charge is 0.353 e. The molecule has 4 nitrogen and oxygen atoms in total. The van der Waals surface area contributed by atoms with Crippen molar-refractivity contribution in [2.45, 2.75) is 18.2 Å². The minimum Gasteiger partial charge on any atom is -0.452 e. The Labute approximate surface area is 187 Å². The second-order valence-electron chi connectivity index (χ2n) is 5.75. The first kappa shape index (κ1) is 21.2. The Kier molecular flexibility index (Phi) is 7.43. The van der Waals surface area contributed by atoms with Crippen molar-refractivity contribution in [3.05, 3.63) is 87.4 Å². The third kappa shape index (κ3) is 5.52. The molecule has 1 heterocycles. The highest BCUT2D eigenvalue weighted by molar-refractivity contribution is 7.79. The molecule has 0 amide bonds. The number of thiocarbonyl (C=S) groups is 1. The monoisotopic (exact) mass is 474 g/mol. The molecule has 0 aliphatic carbocycles. The van der Waals surface area contributed by atoms with Crippen LogP contribution in [-0.4, -0.2) is 14.8 Å². The van der Waals surface area contributed by atoms with Gasteiger partial charge >= 0.3 is 5.24 Å². The second kappa shape index (κ2) is 9.81. The Morgan fingerprint density at radius 3 is 2.43 bits per heavy atom. The quantitative estimate of drug-likeness (QED) is 0.288. The predicted molar refractivity (Wildman–Crippen MR) is 116 cm³/mol. The van der Waals surface area contributed by atoms with Gasteiger partial charge in [-0.2, -0.15) is 0 Å². The maximum absolute atomic E-state index is 6.61. The van der Waals surface area contributed by atoms with Crippen LogP contribution in [0, 0.1) is 0 Å². The van der Waals surface area contributed by atoms with Crippen molar-refractivity contribution in [3.63, 3.8) is 0 Å². The van der Waals surface area contributed by atoms with Crippen molar-refractivity contribution >= 4 is 63.9 Å². The van der Waals surface area contributed by atoms with Gasteiger partial charge in [-0.3, -0.25) is 0 Å². The van der Waals surface area contributed by atoms with Crippen molar-refractivity contribution in [2.75, 3.05) is 0 Å². The fourth-order valence-corrected chi connectivity index (χ4v) is 3.48. The molecule has 9 heteroatoms. The number of aromatic nitrogens is 2. The Balaban J connectivity index is 1.73. The summed E-state index contributed by atoms with van der Waals surface area (Å²) in [5.74, 6) is 0. The number of imidazole rings is 1. The molecule has 0 saturated heterocycles. The Morgan fingerprint density at radius 1 is 1.07 bits per heavy atom. The van der Waals surface area contributed by atoms with Gasteiger partial charge in [-0.25, -0.2) is 4.98 Å². The van der Waals surface area contributed by atoms with Crippen LogP contribution in [0.2, 0.25) is 15.1 Å². The van der Waals surface area contributed by atoms with E-state index in [9.17, 15) is 0 Å². The van der Waals surface area contributed by atoms with Crippen molar-refractivity contribution in [2.24, 2.45) is 0 Å². The Bertz CT molecular complexity index is 936. The summed E-state index contributed by atoms with van der Waals surface area (Å²) in [4.78, 5) is 4.02. The van der Waals surface area contributed by atoms with E-state index < -0.39 is 11.6 Å². The van der Waals surface area contributed by atoms with Crippen LogP contribution in [0.4, 0.5) is 0 Å². The molecule has 2 aromatic carbocycles. The van der Waals surface area contributed by atoms with Crippen LogP contribution >= 0.6 is 58.6 Å². The van der Waals surface area contributed by atoms with E-state index in [-0.39, 0.29) is 11.8 Å². The molecule has 0 bridgehead atoms. The lowest BCUT2D eigenvalue weighted by molar-refractivity contribution is 0.0970. The third-order valence-electron chi connectivity index (χ3n) is 3.84. The SMILES string of the molecule is S=C(OCc1ccc(Cl)cc1Cl)OC(c1ccc(Cl)cc1)C(Cl)n1ccnc1. The fraction of sp³-hybridized carbons (Fsp3) is 0.158. The maximum atomic E-state index is 6.61. The molecule has 146 valence electrons. The number of benzene rings is 2. The van der Waals surface area contributed by atoms with E-state index in [1.807, 2.05) is 12.1 Å². The van der Waals surface area contributed by atoms with Crippen LogP contribution in [0.15, 0.2) is 61.2 Å². The lowest BCUT2D eigenvalue weighted by Gasteiger charge is -2.25. The van der Waals surface area contributed by atoms with Gasteiger partial charge in [0, 0.05) is 45.2 Å². The van der Waals surface area contributed by atoms with Gasteiger partial charge in [-0.1, -0.05) is 64.6 Å². The average Bonchev–Trinajstić information content (AvgIpc) is 3.20. The number of nitrogens with zero attached hydrogens (tertiary/aromatic N) is 2. The lowest BCUT2D eigenvalue weighted by Crippen LogP contribution is -2.19. The Hall–Kier alpha value is -1.50. The summed E-state index contributed by atoms with van der Waals surface area (Å²) in [5.41, 5.74) is 0.912. The van der Waals surface area contributed by atoms with Crippen LogP contribution < -0.4 is 0 Å². The molecule has 2 unspecified atom stereocenters. The van der Waals surface area contributed by atoms with Gasteiger partial charge in [0.05, 0.1) is 6.33 Å². The number of hydrogen-bond donors (Lipinski definition) is 0. The highest BCUT2D eigenvalue weighted by atomic mass is 35.5. The van der Waals surface area contributed by atoms with Gasteiger partial charge in [0.15, 0.2) is 11.6 Å². The highest BCUT2D eigenvalue weighted by Crippen LogP contribution is 2.34. The van der Waals surface area contributed by atoms with Gasteiger partial charge in [-0.15, -0.1) is 0 Å². The number of alkyl halides is 1. The van der Waals surface area contributed by atoms with Gasteiger partial charge in [0.2, 0.25) is 0 Å². The summed E-state index contributed by atoms with van der Waals surface area (Å²) in [6.07, 6.45) is 4.34. The molecule has 2 atom stereocenters. The van der Waals surface area contributed by atoms with E-state index in [1.54, 1.807) is 53.6 Å². The molecule has 0 aliphatic rings. The van der Waals surface area contributed by atoms with E-state index in [0.29, 0.717) is 15.1 Å². The van der Waals surface area contributed by atoms with Gasteiger partial charge < -0.3 is 14.0 Å². The second-order valence-corrected chi connectivity index (χ2v) is 7.81. The average molecular weight is 476 g/mol. The molecule has 0 saturated carbocycles. The topological polar surface area (TPSA) is 36.3 Å². The predicted octanol–water partition coefficient (Wildman–Crippen LogP) is 6.84. The number of rotatable bonds is 6.